The number of H-pyrrole nitrogens is 1. The number of aromatic nitrogens is 2. The van der Waals surface area contributed by atoms with Gasteiger partial charge in [-0.1, -0.05) is 13.8 Å². The zero-order valence-electron chi connectivity index (χ0n) is 8.72. The zero-order chi connectivity index (χ0) is 12.5. The quantitative estimate of drug-likeness (QED) is 0.821. The van der Waals surface area contributed by atoms with Crippen LogP contribution in [0.4, 0.5) is 13.2 Å². The van der Waals surface area contributed by atoms with Crippen LogP contribution in [0.15, 0.2) is 4.79 Å². The predicted octanol–water partition coefficient (Wildman–Crippen LogP) is 1.69. The third-order valence-electron chi connectivity index (χ3n) is 1.85. The van der Waals surface area contributed by atoms with Gasteiger partial charge < -0.3 is 10.1 Å². The van der Waals surface area contributed by atoms with Gasteiger partial charge >= 0.3 is 6.18 Å². The maximum atomic E-state index is 12.2. The molecule has 1 aromatic heterocycles. The molecule has 0 radical (unpaired) electrons. The highest BCUT2D eigenvalue weighted by Crippen LogP contribution is 2.26. The molecule has 1 rings (SSSR count). The number of alkyl halides is 3. The fourth-order valence-corrected chi connectivity index (χ4v) is 1.22. The van der Waals surface area contributed by atoms with Gasteiger partial charge in [-0.3, -0.25) is 4.79 Å². The van der Waals surface area contributed by atoms with Crippen LogP contribution < -0.4 is 5.56 Å². The van der Waals surface area contributed by atoms with Crippen molar-refractivity contribution in [2.45, 2.75) is 26.4 Å². The van der Waals surface area contributed by atoms with Crippen molar-refractivity contribution in [3.8, 4) is 5.88 Å². The van der Waals surface area contributed by atoms with Crippen molar-refractivity contribution in [3.05, 3.63) is 21.7 Å². The second-order valence-corrected chi connectivity index (χ2v) is 3.81. The van der Waals surface area contributed by atoms with Gasteiger partial charge in [-0.15, -0.1) is 0 Å². The van der Waals surface area contributed by atoms with Crippen LogP contribution in [0.2, 0.25) is 0 Å². The second kappa shape index (κ2) is 4.15. The summed E-state index contributed by atoms with van der Waals surface area (Å²) in [6, 6.07) is 0. The summed E-state index contributed by atoms with van der Waals surface area (Å²) in [4.78, 5) is 15.9. The van der Waals surface area contributed by atoms with Crippen LogP contribution in [0.3, 0.4) is 0 Å². The van der Waals surface area contributed by atoms with Gasteiger partial charge in [0.15, 0.2) is 0 Å². The van der Waals surface area contributed by atoms with Crippen LogP contribution in [-0.2, 0) is 12.6 Å². The monoisotopic (exact) mass is 236 g/mol. The van der Waals surface area contributed by atoms with Crippen molar-refractivity contribution in [3.63, 3.8) is 0 Å². The lowest BCUT2D eigenvalue weighted by Gasteiger charge is -2.09. The van der Waals surface area contributed by atoms with Crippen molar-refractivity contribution in [2.24, 2.45) is 5.92 Å². The first-order chi connectivity index (χ1) is 7.21. The number of hydrogen-bond acceptors (Lipinski definition) is 3. The molecule has 2 N–H and O–H groups in total. The summed E-state index contributed by atoms with van der Waals surface area (Å²) in [7, 11) is 0. The third kappa shape index (κ3) is 2.74. The van der Waals surface area contributed by atoms with Gasteiger partial charge in [-0.05, 0) is 12.3 Å². The highest BCUT2D eigenvalue weighted by molar-refractivity contribution is 5.20. The van der Waals surface area contributed by atoms with Crippen molar-refractivity contribution < 1.29 is 18.3 Å². The third-order valence-corrected chi connectivity index (χ3v) is 1.85. The summed E-state index contributed by atoms with van der Waals surface area (Å²) in [6.07, 6.45) is -4.60. The van der Waals surface area contributed by atoms with Gasteiger partial charge in [0, 0.05) is 0 Å². The molecule has 1 heterocycles. The Morgan fingerprint density at radius 1 is 1.44 bits per heavy atom. The minimum atomic E-state index is -4.86. The second-order valence-electron chi connectivity index (χ2n) is 3.81. The van der Waals surface area contributed by atoms with Crippen molar-refractivity contribution in [1.29, 1.82) is 0 Å². The number of aromatic hydroxyl groups is 1. The number of aromatic amines is 1. The number of halogens is 3. The minimum absolute atomic E-state index is 0.0213. The fourth-order valence-electron chi connectivity index (χ4n) is 1.22. The first-order valence-corrected chi connectivity index (χ1v) is 4.61. The molecule has 0 saturated heterocycles. The maximum absolute atomic E-state index is 12.2. The van der Waals surface area contributed by atoms with Crippen molar-refractivity contribution in [2.75, 3.05) is 0 Å². The summed E-state index contributed by atoms with van der Waals surface area (Å²) in [6.45, 7) is 3.60. The Hall–Kier alpha value is -1.53. The van der Waals surface area contributed by atoms with E-state index in [1.54, 1.807) is 13.8 Å². The first-order valence-electron chi connectivity index (χ1n) is 4.61. The molecule has 0 amide bonds. The Morgan fingerprint density at radius 2 is 2.00 bits per heavy atom. The van der Waals surface area contributed by atoms with E-state index in [4.69, 9.17) is 0 Å². The van der Waals surface area contributed by atoms with Gasteiger partial charge in [0.25, 0.3) is 5.56 Å². The van der Waals surface area contributed by atoms with Crippen molar-refractivity contribution >= 4 is 0 Å². The largest absolute Gasteiger partial charge is 0.492 e. The zero-order valence-corrected chi connectivity index (χ0v) is 8.72. The molecule has 7 heteroatoms. The molecule has 90 valence electrons. The van der Waals surface area contributed by atoms with Crippen LogP contribution in [0.25, 0.3) is 0 Å². The van der Waals surface area contributed by atoms with Gasteiger partial charge in [0.1, 0.15) is 0 Å². The lowest BCUT2D eigenvalue weighted by molar-refractivity contribution is -0.142. The summed E-state index contributed by atoms with van der Waals surface area (Å²) >= 11 is 0. The Morgan fingerprint density at radius 3 is 2.44 bits per heavy atom. The van der Waals surface area contributed by atoms with E-state index in [0.717, 1.165) is 0 Å². The topological polar surface area (TPSA) is 66.0 Å². The molecular weight excluding hydrogens is 225 g/mol. The van der Waals surface area contributed by atoms with E-state index >= 15 is 0 Å². The first kappa shape index (κ1) is 12.5. The number of nitrogens with one attached hydrogen (secondary N) is 1. The van der Waals surface area contributed by atoms with E-state index < -0.39 is 23.3 Å². The normalized spacial score (nSPS) is 12.1. The molecule has 0 atom stereocenters. The molecule has 1 aromatic rings. The van der Waals surface area contributed by atoms with Crippen LogP contribution in [0.1, 0.15) is 25.2 Å². The highest BCUT2D eigenvalue weighted by Gasteiger charge is 2.37. The molecule has 0 aliphatic rings. The predicted molar refractivity (Wildman–Crippen MR) is 50.1 cm³/mol. The van der Waals surface area contributed by atoms with Crippen LogP contribution >= 0.6 is 0 Å². The standard InChI is InChI=1S/C9H11F3N2O2/c1-4(2)3-5-7(15)14-6(8(16)13-5)9(10,11)12/h4H,3H2,1-2H3,(H,13,16)(H,14,15). The molecule has 4 nitrogen and oxygen atoms in total. The molecule has 0 unspecified atom stereocenters. The lowest BCUT2D eigenvalue weighted by Crippen LogP contribution is -2.25. The molecule has 0 fully saturated rings. The molecule has 0 bridgehead atoms. The number of hydrogen-bond donors (Lipinski definition) is 2. The Kier molecular flexibility index (Phi) is 3.25. The van der Waals surface area contributed by atoms with Gasteiger partial charge in [-0.25, -0.2) is 4.98 Å². The smallest absolute Gasteiger partial charge is 0.439 e. The Bertz CT molecular complexity index is 437. The molecule has 0 saturated carbocycles. The summed E-state index contributed by atoms with van der Waals surface area (Å²) in [5.41, 5.74) is -2.94. The lowest BCUT2D eigenvalue weighted by atomic mass is 10.1. The summed E-state index contributed by atoms with van der Waals surface area (Å²) < 4.78 is 36.7. The van der Waals surface area contributed by atoms with E-state index in [9.17, 15) is 23.1 Å². The van der Waals surface area contributed by atoms with Crippen LogP contribution in [0, 0.1) is 5.92 Å². The van der Waals surface area contributed by atoms with E-state index in [1.165, 1.54) is 0 Å². The average Bonchev–Trinajstić information content (AvgIpc) is 2.07. The molecule has 0 aliphatic heterocycles. The summed E-state index contributed by atoms with van der Waals surface area (Å²) in [5, 5.41) is 9.25. The number of rotatable bonds is 2. The van der Waals surface area contributed by atoms with Crippen LogP contribution in [0.5, 0.6) is 5.88 Å². The van der Waals surface area contributed by atoms with E-state index in [1.807, 2.05) is 4.98 Å². The van der Waals surface area contributed by atoms with Gasteiger partial charge in [-0.2, -0.15) is 13.2 Å². The minimum Gasteiger partial charge on any atom is -0.492 e. The molecule has 0 spiro atoms. The van der Waals surface area contributed by atoms with Crippen LogP contribution in [-0.4, -0.2) is 15.1 Å². The highest BCUT2D eigenvalue weighted by atomic mass is 19.4. The Labute approximate surface area is 89.1 Å². The van der Waals surface area contributed by atoms with Gasteiger partial charge in [0.05, 0.1) is 5.69 Å². The van der Waals surface area contributed by atoms with Gasteiger partial charge in [0.2, 0.25) is 11.6 Å². The van der Waals surface area contributed by atoms with E-state index in [2.05, 4.69) is 4.98 Å². The van der Waals surface area contributed by atoms with E-state index in [-0.39, 0.29) is 18.0 Å². The van der Waals surface area contributed by atoms with E-state index in [0.29, 0.717) is 0 Å². The molecule has 16 heavy (non-hydrogen) atoms. The summed E-state index contributed by atoms with van der Waals surface area (Å²) in [5.74, 6) is -0.694. The molecular formula is C9H11F3N2O2. The average molecular weight is 236 g/mol. The van der Waals surface area contributed by atoms with Crippen molar-refractivity contribution in [1.82, 2.24) is 9.97 Å². The SMILES string of the molecule is CC(C)Cc1[nH]c(=O)c(C(F)(F)F)nc1O. The molecule has 0 aromatic carbocycles. The Balaban J connectivity index is 3.23. The fraction of sp³-hybridized carbons (Fsp3) is 0.556. The molecule has 0 aliphatic carbocycles. The maximum Gasteiger partial charge on any atom is 0.439 e. The number of nitrogens with zero attached hydrogens (tertiary/aromatic N) is 1.